The van der Waals surface area contributed by atoms with Crippen LogP contribution in [0.15, 0.2) is 12.3 Å². The first-order valence-corrected chi connectivity index (χ1v) is 5.43. The maximum Gasteiger partial charge on any atom is 0.131 e. The predicted octanol–water partition coefficient (Wildman–Crippen LogP) is 3.20. The van der Waals surface area contributed by atoms with Gasteiger partial charge in [-0.1, -0.05) is 27.7 Å². The van der Waals surface area contributed by atoms with Crippen molar-refractivity contribution >= 4 is 11.0 Å². The number of nitrogens with one attached hydrogen (secondary N) is 1. The second kappa shape index (κ2) is 3.65. The lowest BCUT2D eigenvalue weighted by atomic mass is 10.1. The SMILES string of the molecule is CC(C)c1ncc2[nH]c(C(C)C)cc2n1. The van der Waals surface area contributed by atoms with Crippen molar-refractivity contribution in [2.75, 3.05) is 0 Å². The minimum absolute atomic E-state index is 0.381. The summed E-state index contributed by atoms with van der Waals surface area (Å²) in [5, 5.41) is 0. The number of aromatic nitrogens is 3. The molecular formula is C12H17N3. The van der Waals surface area contributed by atoms with Crippen molar-refractivity contribution in [3.63, 3.8) is 0 Å². The molecule has 0 amide bonds. The summed E-state index contributed by atoms with van der Waals surface area (Å²) in [5.74, 6) is 1.80. The lowest BCUT2D eigenvalue weighted by Crippen LogP contribution is -1.95. The Hall–Kier alpha value is -1.38. The third-order valence-corrected chi connectivity index (χ3v) is 2.55. The quantitative estimate of drug-likeness (QED) is 0.814. The Labute approximate surface area is 90.0 Å². The molecule has 0 aliphatic carbocycles. The zero-order chi connectivity index (χ0) is 11.0. The van der Waals surface area contributed by atoms with Gasteiger partial charge in [0.15, 0.2) is 0 Å². The van der Waals surface area contributed by atoms with E-state index in [2.05, 4.69) is 48.7 Å². The second-order valence-electron chi connectivity index (χ2n) is 4.56. The molecule has 2 rings (SSSR count). The molecule has 3 heteroatoms. The third kappa shape index (κ3) is 1.87. The molecule has 1 N–H and O–H groups in total. The second-order valence-corrected chi connectivity index (χ2v) is 4.56. The molecule has 0 unspecified atom stereocenters. The van der Waals surface area contributed by atoms with Gasteiger partial charge in [0.2, 0.25) is 0 Å². The Balaban J connectivity index is 2.52. The summed E-state index contributed by atoms with van der Waals surface area (Å²) < 4.78 is 0. The number of fused-ring (bicyclic) bond motifs is 1. The van der Waals surface area contributed by atoms with Gasteiger partial charge < -0.3 is 4.98 Å². The van der Waals surface area contributed by atoms with Gasteiger partial charge in [-0.05, 0) is 12.0 Å². The molecule has 2 heterocycles. The summed E-state index contributed by atoms with van der Waals surface area (Å²) in [4.78, 5) is 12.2. The van der Waals surface area contributed by atoms with E-state index in [1.54, 1.807) is 0 Å². The Morgan fingerprint density at radius 3 is 2.47 bits per heavy atom. The van der Waals surface area contributed by atoms with Crippen LogP contribution in [0.25, 0.3) is 11.0 Å². The molecule has 80 valence electrons. The van der Waals surface area contributed by atoms with Crippen LogP contribution < -0.4 is 0 Å². The van der Waals surface area contributed by atoms with Crippen LogP contribution in [0.1, 0.15) is 51.0 Å². The number of hydrogen-bond acceptors (Lipinski definition) is 2. The summed E-state index contributed by atoms with van der Waals surface area (Å²) in [7, 11) is 0. The molecule has 0 saturated heterocycles. The van der Waals surface area contributed by atoms with Crippen molar-refractivity contribution in [2.24, 2.45) is 0 Å². The first kappa shape index (κ1) is 10.1. The molecule has 0 aliphatic rings. The average molecular weight is 203 g/mol. The molecule has 2 aromatic heterocycles. The van der Waals surface area contributed by atoms with Crippen LogP contribution in [0.4, 0.5) is 0 Å². The van der Waals surface area contributed by atoms with Crippen molar-refractivity contribution in [3.8, 4) is 0 Å². The maximum absolute atomic E-state index is 4.54. The smallest absolute Gasteiger partial charge is 0.131 e. The normalized spacial score (nSPS) is 11.9. The largest absolute Gasteiger partial charge is 0.356 e. The third-order valence-electron chi connectivity index (χ3n) is 2.55. The Kier molecular flexibility index (Phi) is 2.47. The summed E-state index contributed by atoms with van der Waals surface area (Å²) in [6, 6.07) is 2.12. The van der Waals surface area contributed by atoms with E-state index in [-0.39, 0.29) is 0 Å². The molecule has 0 spiro atoms. The first-order chi connectivity index (χ1) is 7.08. The van der Waals surface area contributed by atoms with E-state index < -0.39 is 0 Å². The highest BCUT2D eigenvalue weighted by molar-refractivity contribution is 5.75. The van der Waals surface area contributed by atoms with E-state index in [1.165, 1.54) is 5.69 Å². The molecule has 15 heavy (non-hydrogen) atoms. The Morgan fingerprint density at radius 1 is 1.13 bits per heavy atom. The highest BCUT2D eigenvalue weighted by Crippen LogP contribution is 2.20. The van der Waals surface area contributed by atoms with Crippen LogP contribution in [-0.2, 0) is 0 Å². The van der Waals surface area contributed by atoms with E-state index in [4.69, 9.17) is 0 Å². The summed E-state index contributed by atoms with van der Waals surface area (Å²) in [6.45, 7) is 8.55. The molecule has 0 radical (unpaired) electrons. The Morgan fingerprint density at radius 2 is 1.87 bits per heavy atom. The molecule has 0 fully saturated rings. The fourth-order valence-electron chi connectivity index (χ4n) is 1.54. The van der Waals surface area contributed by atoms with Gasteiger partial charge in [-0.25, -0.2) is 9.97 Å². The van der Waals surface area contributed by atoms with Gasteiger partial charge in [0.05, 0.1) is 17.2 Å². The fourth-order valence-corrected chi connectivity index (χ4v) is 1.54. The van der Waals surface area contributed by atoms with E-state index in [9.17, 15) is 0 Å². The molecule has 3 nitrogen and oxygen atoms in total. The fraction of sp³-hybridized carbons (Fsp3) is 0.500. The molecular weight excluding hydrogens is 186 g/mol. The monoisotopic (exact) mass is 203 g/mol. The first-order valence-electron chi connectivity index (χ1n) is 5.43. The standard InChI is InChI=1S/C12H17N3/c1-7(2)9-5-10-11(14-9)6-13-12(15-10)8(3)4/h5-8,14H,1-4H3. The zero-order valence-electron chi connectivity index (χ0n) is 9.70. The summed E-state index contributed by atoms with van der Waals surface area (Å²) in [6.07, 6.45) is 1.88. The average Bonchev–Trinajstić information content (AvgIpc) is 2.59. The summed E-state index contributed by atoms with van der Waals surface area (Å²) >= 11 is 0. The number of aromatic amines is 1. The van der Waals surface area contributed by atoms with Gasteiger partial charge in [-0.3, -0.25) is 0 Å². The van der Waals surface area contributed by atoms with Crippen molar-refractivity contribution in [1.29, 1.82) is 0 Å². The zero-order valence-corrected chi connectivity index (χ0v) is 9.70. The number of hydrogen-bond donors (Lipinski definition) is 1. The van der Waals surface area contributed by atoms with Crippen LogP contribution in [0.3, 0.4) is 0 Å². The molecule has 0 aromatic carbocycles. The molecule has 0 saturated carbocycles. The van der Waals surface area contributed by atoms with Crippen LogP contribution in [0.5, 0.6) is 0 Å². The lowest BCUT2D eigenvalue weighted by Gasteiger charge is -2.01. The van der Waals surface area contributed by atoms with Crippen LogP contribution in [0, 0.1) is 0 Å². The van der Waals surface area contributed by atoms with Gasteiger partial charge in [-0.2, -0.15) is 0 Å². The van der Waals surface area contributed by atoms with Crippen molar-refractivity contribution in [2.45, 2.75) is 39.5 Å². The van der Waals surface area contributed by atoms with Crippen molar-refractivity contribution < 1.29 is 0 Å². The molecule has 0 bridgehead atoms. The van der Waals surface area contributed by atoms with Gasteiger partial charge in [0.25, 0.3) is 0 Å². The maximum atomic E-state index is 4.54. The highest BCUT2D eigenvalue weighted by atomic mass is 14.9. The van der Waals surface area contributed by atoms with E-state index >= 15 is 0 Å². The van der Waals surface area contributed by atoms with Gasteiger partial charge in [0.1, 0.15) is 5.82 Å². The minimum Gasteiger partial charge on any atom is -0.356 e. The highest BCUT2D eigenvalue weighted by Gasteiger charge is 2.08. The number of nitrogens with zero attached hydrogens (tertiary/aromatic N) is 2. The van der Waals surface area contributed by atoms with Crippen LogP contribution in [0.2, 0.25) is 0 Å². The predicted molar refractivity (Wildman–Crippen MR) is 62.1 cm³/mol. The van der Waals surface area contributed by atoms with Gasteiger partial charge in [-0.15, -0.1) is 0 Å². The lowest BCUT2D eigenvalue weighted by molar-refractivity contribution is 0.783. The van der Waals surface area contributed by atoms with Crippen LogP contribution in [-0.4, -0.2) is 15.0 Å². The number of H-pyrrole nitrogens is 1. The van der Waals surface area contributed by atoms with Gasteiger partial charge >= 0.3 is 0 Å². The summed E-state index contributed by atoms with van der Waals surface area (Å²) in [5.41, 5.74) is 3.28. The Bertz CT molecular complexity index is 463. The van der Waals surface area contributed by atoms with E-state index in [0.29, 0.717) is 11.8 Å². The van der Waals surface area contributed by atoms with E-state index in [0.717, 1.165) is 16.9 Å². The van der Waals surface area contributed by atoms with Gasteiger partial charge in [0, 0.05) is 11.6 Å². The van der Waals surface area contributed by atoms with Crippen LogP contribution >= 0.6 is 0 Å². The number of rotatable bonds is 2. The molecule has 2 aromatic rings. The minimum atomic E-state index is 0.381. The van der Waals surface area contributed by atoms with Crippen molar-refractivity contribution in [3.05, 3.63) is 23.8 Å². The van der Waals surface area contributed by atoms with Crippen molar-refractivity contribution in [1.82, 2.24) is 15.0 Å². The van der Waals surface area contributed by atoms with E-state index in [1.807, 2.05) is 6.20 Å². The molecule has 0 atom stereocenters. The topological polar surface area (TPSA) is 41.6 Å². The molecule has 0 aliphatic heterocycles.